The van der Waals surface area contributed by atoms with E-state index in [4.69, 9.17) is 24.9 Å². The first-order valence-corrected chi connectivity index (χ1v) is 22.7. The summed E-state index contributed by atoms with van der Waals surface area (Å²) in [6.45, 7) is 9.22. The number of hydrogen-bond donors (Lipinski definition) is 0. The summed E-state index contributed by atoms with van der Waals surface area (Å²) >= 11 is 6.18. The second kappa shape index (κ2) is 37.8. The van der Waals surface area contributed by atoms with Crippen molar-refractivity contribution in [3.8, 4) is 0 Å². The summed E-state index contributed by atoms with van der Waals surface area (Å²) in [5.74, 6) is 0.652. The van der Waals surface area contributed by atoms with Crippen LogP contribution in [-0.2, 0) is 13.3 Å². The summed E-state index contributed by atoms with van der Waals surface area (Å²) in [7, 11) is -2.68. The molecule has 0 unspecified atom stereocenters. The van der Waals surface area contributed by atoms with Gasteiger partial charge >= 0.3 is 8.80 Å². The molecule has 0 aromatic rings. The lowest BCUT2D eigenvalue weighted by Gasteiger charge is -2.30. The van der Waals surface area contributed by atoms with Gasteiger partial charge in [0, 0.05) is 31.7 Å². The van der Waals surface area contributed by atoms with E-state index in [2.05, 4.69) is 20.8 Å². The van der Waals surface area contributed by atoms with E-state index >= 15 is 0 Å². The number of unbranched alkanes of at least 4 members (excludes halogenated alkanes) is 27. The fraction of sp³-hybridized carbons (Fsp3) is 1.00. The molecule has 0 fully saturated rings. The van der Waals surface area contributed by atoms with Crippen LogP contribution in [0.5, 0.6) is 0 Å². The molecule has 0 aliphatic rings. The molecule has 0 bridgehead atoms. The highest BCUT2D eigenvalue weighted by molar-refractivity contribution is 6.60. The third-order valence-corrected chi connectivity index (χ3v) is 12.2. The van der Waals surface area contributed by atoms with Crippen LogP contribution in [-0.4, -0.2) is 34.5 Å². The van der Waals surface area contributed by atoms with Gasteiger partial charge in [-0.1, -0.05) is 194 Å². The van der Waals surface area contributed by atoms with Gasteiger partial charge in [-0.25, -0.2) is 0 Å². The summed E-state index contributed by atoms with van der Waals surface area (Å²) in [6, 6.07) is 0.865. The first kappa shape index (κ1) is 44.4. The molecule has 0 atom stereocenters. The minimum Gasteiger partial charge on any atom is -0.373 e. The van der Waals surface area contributed by atoms with E-state index in [0.717, 1.165) is 51.5 Å². The van der Waals surface area contributed by atoms with Crippen molar-refractivity contribution >= 4 is 20.4 Å². The van der Waals surface area contributed by atoms with Gasteiger partial charge in [0.25, 0.3) is 0 Å². The van der Waals surface area contributed by atoms with Gasteiger partial charge in [-0.3, -0.25) is 0 Å². The van der Waals surface area contributed by atoms with Crippen molar-refractivity contribution in [1.82, 2.24) is 0 Å². The van der Waals surface area contributed by atoms with Gasteiger partial charge in [-0.05, 0) is 25.7 Å². The van der Waals surface area contributed by atoms with Crippen molar-refractivity contribution in [3.05, 3.63) is 0 Å². The molecule has 0 spiro atoms. The van der Waals surface area contributed by atoms with E-state index < -0.39 is 8.80 Å². The minimum atomic E-state index is -2.68. The van der Waals surface area contributed by atoms with Crippen LogP contribution in [0.1, 0.15) is 220 Å². The summed E-state index contributed by atoms with van der Waals surface area (Å²) in [5.41, 5.74) is 0. The van der Waals surface area contributed by atoms with E-state index in [9.17, 15) is 0 Å². The molecule has 0 aromatic heterocycles. The van der Waals surface area contributed by atoms with Crippen LogP contribution >= 0.6 is 11.6 Å². The van der Waals surface area contributed by atoms with Crippen LogP contribution in [0.25, 0.3) is 0 Å². The molecule has 0 saturated carbocycles. The molecule has 0 aliphatic carbocycles. The first-order valence-electron chi connectivity index (χ1n) is 20.2. The molecule has 266 valence electrons. The summed E-state index contributed by atoms with van der Waals surface area (Å²) < 4.78 is 19.9. The van der Waals surface area contributed by atoms with E-state index in [1.54, 1.807) is 0 Å². The maximum Gasteiger partial charge on any atom is 0.500 e. The highest BCUT2D eigenvalue weighted by Gasteiger charge is 2.40. The Hall–Kier alpha value is 0.387. The highest BCUT2D eigenvalue weighted by Crippen LogP contribution is 2.22. The Kier molecular flexibility index (Phi) is 38.2. The number of hydrogen-bond acceptors (Lipinski definition) is 3. The Morgan fingerprint density at radius 3 is 0.773 bits per heavy atom. The summed E-state index contributed by atoms with van der Waals surface area (Å²) in [6.07, 6.45) is 41.2. The zero-order valence-corrected chi connectivity index (χ0v) is 32.3. The smallest absolute Gasteiger partial charge is 0.373 e. The van der Waals surface area contributed by atoms with E-state index in [1.807, 2.05) is 0 Å². The summed E-state index contributed by atoms with van der Waals surface area (Å²) in [5, 5.41) is 0. The molecule has 44 heavy (non-hydrogen) atoms. The fourth-order valence-corrected chi connectivity index (χ4v) is 9.09. The largest absolute Gasteiger partial charge is 0.500 e. The minimum absolute atomic E-state index is 0.652. The van der Waals surface area contributed by atoms with Gasteiger partial charge in [0.15, 0.2) is 0 Å². The van der Waals surface area contributed by atoms with Crippen LogP contribution in [0, 0.1) is 0 Å². The second-order valence-electron chi connectivity index (χ2n) is 13.6. The van der Waals surface area contributed by atoms with Crippen LogP contribution < -0.4 is 0 Å². The van der Waals surface area contributed by atoms with Crippen LogP contribution in [0.3, 0.4) is 0 Å². The topological polar surface area (TPSA) is 27.7 Å². The monoisotopic (exact) mass is 661 g/mol. The zero-order valence-electron chi connectivity index (χ0n) is 30.6. The average molecular weight is 662 g/mol. The van der Waals surface area contributed by atoms with Gasteiger partial charge in [0.05, 0.1) is 0 Å². The Labute approximate surface area is 284 Å². The molecular weight excluding hydrogens is 580 g/mol. The van der Waals surface area contributed by atoms with E-state index in [-0.39, 0.29) is 0 Å². The van der Waals surface area contributed by atoms with Crippen molar-refractivity contribution in [2.24, 2.45) is 0 Å². The first-order chi connectivity index (χ1) is 21.7. The molecule has 0 amide bonds. The number of halogens is 1. The third-order valence-electron chi connectivity index (χ3n) is 9.08. The van der Waals surface area contributed by atoms with Crippen molar-refractivity contribution in [2.45, 2.75) is 226 Å². The van der Waals surface area contributed by atoms with E-state index in [0.29, 0.717) is 5.88 Å². The second-order valence-corrected chi connectivity index (χ2v) is 16.7. The molecule has 0 rings (SSSR count). The van der Waals surface area contributed by atoms with Crippen molar-refractivity contribution in [2.75, 3.05) is 25.7 Å². The molecule has 0 aliphatic heterocycles. The molecular formula is C39H81ClO3Si. The molecule has 0 N–H and O–H groups in total. The fourth-order valence-electron chi connectivity index (χ4n) is 6.08. The lowest BCUT2D eigenvalue weighted by Crippen LogP contribution is -2.46. The highest BCUT2D eigenvalue weighted by atomic mass is 35.5. The van der Waals surface area contributed by atoms with Crippen molar-refractivity contribution < 1.29 is 13.3 Å². The molecule has 0 heterocycles. The Balaban J connectivity index is 4.46. The van der Waals surface area contributed by atoms with Crippen LogP contribution in [0.15, 0.2) is 0 Å². The Bertz CT molecular complexity index is 457. The van der Waals surface area contributed by atoms with Gasteiger partial charge in [-0.15, -0.1) is 11.6 Å². The quantitative estimate of drug-likeness (QED) is 0.0373. The zero-order chi connectivity index (χ0) is 32.1. The predicted octanol–water partition coefficient (Wildman–Crippen LogP) is 14.4. The van der Waals surface area contributed by atoms with Crippen LogP contribution in [0.2, 0.25) is 6.04 Å². The SMILES string of the molecule is CCCCCCCCCCCCO[Si](CCCCl)(OCCCCCCCCCCCC)OCCCCCCCCCCCC. The van der Waals surface area contributed by atoms with Gasteiger partial charge in [0.1, 0.15) is 0 Å². The van der Waals surface area contributed by atoms with Crippen molar-refractivity contribution in [1.29, 1.82) is 0 Å². The molecule has 3 nitrogen and oxygen atoms in total. The number of alkyl halides is 1. The maximum atomic E-state index is 6.62. The van der Waals surface area contributed by atoms with Gasteiger partial charge in [-0.2, -0.15) is 0 Å². The molecule has 0 radical (unpaired) electrons. The van der Waals surface area contributed by atoms with Crippen molar-refractivity contribution in [3.63, 3.8) is 0 Å². The van der Waals surface area contributed by atoms with Gasteiger partial charge < -0.3 is 13.3 Å². The molecule has 5 heteroatoms. The van der Waals surface area contributed by atoms with Crippen LogP contribution in [0.4, 0.5) is 0 Å². The average Bonchev–Trinajstić information content (AvgIpc) is 3.04. The standard InChI is InChI=1S/C39H81ClO3Si/c1-4-7-10-13-16-19-22-25-28-31-36-41-44(39-34-35-40,42-37-32-29-26-23-20-17-14-11-8-5-2)43-38-33-30-27-24-21-18-15-12-9-6-3/h4-39H2,1-3H3. The Morgan fingerprint density at radius 1 is 0.318 bits per heavy atom. The predicted molar refractivity (Wildman–Crippen MR) is 199 cm³/mol. The van der Waals surface area contributed by atoms with Gasteiger partial charge in [0.2, 0.25) is 0 Å². The summed E-state index contributed by atoms with van der Waals surface area (Å²) in [4.78, 5) is 0. The lowest BCUT2D eigenvalue weighted by molar-refractivity contribution is 0.0551. The molecule has 0 aromatic carbocycles. The molecule has 0 saturated heterocycles. The van der Waals surface area contributed by atoms with E-state index in [1.165, 1.54) is 173 Å². The number of rotatable bonds is 39. The normalized spacial score (nSPS) is 12.0. The Morgan fingerprint density at radius 2 is 0.545 bits per heavy atom. The maximum absolute atomic E-state index is 6.62. The third kappa shape index (κ3) is 32.3. The lowest BCUT2D eigenvalue weighted by atomic mass is 10.1.